The van der Waals surface area contributed by atoms with Crippen LogP contribution in [0.15, 0.2) is 35.3 Å². The Labute approximate surface area is 133 Å². The fraction of sp³-hybridized carbons (Fsp3) is 0.611. The molecular formula is C18H27N3O. The molecule has 1 aromatic rings. The number of guanidine groups is 1. The van der Waals surface area contributed by atoms with Crippen LogP contribution in [-0.2, 0) is 0 Å². The van der Waals surface area contributed by atoms with Gasteiger partial charge in [0.1, 0.15) is 11.9 Å². The van der Waals surface area contributed by atoms with Crippen molar-refractivity contribution in [2.24, 2.45) is 10.9 Å². The van der Waals surface area contributed by atoms with Gasteiger partial charge in [-0.2, -0.15) is 0 Å². The van der Waals surface area contributed by atoms with Gasteiger partial charge in [0.05, 0.1) is 0 Å². The van der Waals surface area contributed by atoms with Crippen molar-refractivity contribution in [1.29, 1.82) is 0 Å². The van der Waals surface area contributed by atoms with Crippen LogP contribution < -0.4 is 10.1 Å². The van der Waals surface area contributed by atoms with Crippen LogP contribution in [0.2, 0.25) is 0 Å². The lowest BCUT2D eigenvalue weighted by Crippen LogP contribution is -2.47. The Morgan fingerprint density at radius 2 is 1.91 bits per heavy atom. The van der Waals surface area contributed by atoms with E-state index in [9.17, 15) is 0 Å². The van der Waals surface area contributed by atoms with Gasteiger partial charge in [0.2, 0.25) is 0 Å². The number of hydrogen-bond acceptors (Lipinski definition) is 2. The molecule has 22 heavy (non-hydrogen) atoms. The summed E-state index contributed by atoms with van der Waals surface area (Å²) >= 11 is 0. The van der Waals surface area contributed by atoms with Gasteiger partial charge in [-0.05, 0) is 24.5 Å². The monoisotopic (exact) mass is 301 g/mol. The number of hydrogen-bond donors (Lipinski definition) is 1. The number of benzene rings is 1. The number of rotatable bonds is 5. The molecule has 3 rings (SSSR count). The second-order valence-electron chi connectivity index (χ2n) is 6.32. The molecule has 1 aliphatic heterocycles. The highest BCUT2D eigenvalue weighted by Crippen LogP contribution is 2.31. The molecule has 4 nitrogen and oxygen atoms in total. The summed E-state index contributed by atoms with van der Waals surface area (Å²) in [7, 11) is 1.88. The van der Waals surface area contributed by atoms with Crippen LogP contribution in [0.4, 0.5) is 0 Å². The number of nitrogens with one attached hydrogen (secondary N) is 1. The van der Waals surface area contributed by atoms with E-state index in [1.165, 1.54) is 19.3 Å². The SMILES string of the molecule is CN=C(NCCC1CC1)N1CCC(Oc2ccccc2)CC1. The van der Waals surface area contributed by atoms with Gasteiger partial charge >= 0.3 is 0 Å². The lowest BCUT2D eigenvalue weighted by atomic mass is 10.1. The van der Waals surface area contributed by atoms with Crippen molar-refractivity contribution in [2.45, 2.75) is 38.2 Å². The van der Waals surface area contributed by atoms with Crippen molar-refractivity contribution in [2.75, 3.05) is 26.7 Å². The van der Waals surface area contributed by atoms with Gasteiger partial charge in [-0.3, -0.25) is 4.99 Å². The van der Waals surface area contributed by atoms with E-state index in [2.05, 4.69) is 15.2 Å². The Hall–Kier alpha value is -1.71. The summed E-state index contributed by atoms with van der Waals surface area (Å²) in [5, 5.41) is 3.51. The minimum Gasteiger partial charge on any atom is -0.490 e. The standard InChI is InChI=1S/C18H27N3O/c1-19-18(20-12-9-15-7-8-15)21-13-10-17(11-14-21)22-16-5-3-2-4-6-16/h2-6,15,17H,7-14H2,1H3,(H,19,20). The predicted octanol–water partition coefficient (Wildman–Crippen LogP) is 2.91. The molecule has 1 saturated carbocycles. The first-order chi connectivity index (χ1) is 10.8. The number of piperidine rings is 1. The largest absolute Gasteiger partial charge is 0.490 e. The second kappa shape index (κ2) is 7.52. The number of aliphatic imine (C=N–C) groups is 1. The maximum atomic E-state index is 6.05. The average Bonchev–Trinajstić information content (AvgIpc) is 3.38. The van der Waals surface area contributed by atoms with Gasteiger partial charge in [-0.15, -0.1) is 0 Å². The normalized spacial score (nSPS) is 20.0. The molecule has 120 valence electrons. The van der Waals surface area contributed by atoms with Crippen LogP contribution in [0.3, 0.4) is 0 Å². The Morgan fingerprint density at radius 3 is 2.55 bits per heavy atom. The summed E-state index contributed by atoms with van der Waals surface area (Å²) < 4.78 is 6.05. The molecule has 0 spiro atoms. The molecule has 0 bridgehead atoms. The van der Waals surface area contributed by atoms with E-state index in [-0.39, 0.29) is 0 Å². The molecule has 0 atom stereocenters. The fourth-order valence-electron chi connectivity index (χ4n) is 3.00. The zero-order chi connectivity index (χ0) is 15.2. The summed E-state index contributed by atoms with van der Waals surface area (Å²) in [6.45, 7) is 3.08. The van der Waals surface area contributed by atoms with Gasteiger partial charge in [-0.25, -0.2) is 0 Å². The van der Waals surface area contributed by atoms with Gasteiger partial charge < -0.3 is 15.0 Å². The van der Waals surface area contributed by atoms with E-state index >= 15 is 0 Å². The van der Waals surface area contributed by atoms with Crippen LogP contribution in [0.5, 0.6) is 5.75 Å². The molecule has 0 aromatic heterocycles. The van der Waals surface area contributed by atoms with Crippen LogP contribution in [-0.4, -0.2) is 43.6 Å². The molecule has 2 fully saturated rings. The third kappa shape index (κ3) is 4.39. The summed E-state index contributed by atoms with van der Waals surface area (Å²) in [5.41, 5.74) is 0. The van der Waals surface area contributed by atoms with E-state index in [0.717, 1.165) is 50.1 Å². The van der Waals surface area contributed by atoms with Crippen LogP contribution >= 0.6 is 0 Å². The molecule has 1 aromatic carbocycles. The minimum absolute atomic E-state index is 0.322. The number of para-hydroxylation sites is 1. The molecule has 1 N–H and O–H groups in total. The third-order valence-corrected chi connectivity index (χ3v) is 4.53. The van der Waals surface area contributed by atoms with Crippen molar-refractivity contribution >= 4 is 5.96 Å². The van der Waals surface area contributed by atoms with E-state index in [0.29, 0.717) is 6.10 Å². The highest BCUT2D eigenvalue weighted by molar-refractivity contribution is 5.79. The maximum absolute atomic E-state index is 6.05. The Balaban J connectivity index is 1.41. The molecule has 0 amide bonds. The molecule has 1 aliphatic carbocycles. The predicted molar refractivity (Wildman–Crippen MR) is 90.4 cm³/mol. The first kappa shape index (κ1) is 15.2. The minimum atomic E-state index is 0.322. The van der Waals surface area contributed by atoms with E-state index in [1.54, 1.807) is 0 Å². The van der Waals surface area contributed by atoms with Crippen molar-refractivity contribution in [3.8, 4) is 5.75 Å². The van der Waals surface area contributed by atoms with Crippen LogP contribution in [0.1, 0.15) is 32.1 Å². The lowest BCUT2D eigenvalue weighted by molar-refractivity contribution is 0.129. The Kier molecular flexibility index (Phi) is 5.20. The van der Waals surface area contributed by atoms with Crippen LogP contribution in [0.25, 0.3) is 0 Å². The van der Waals surface area contributed by atoms with Crippen molar-refractivity contribution in [3.05, 3.63) is 30.3 Å². The number of ether oxygens (including phenoxy) is 1. The van der Waals surface area contributed by atoms with E-state index in [4.69, 9.17) is 4.74 Å². The van der Waals surface area contributed by atoms with Gasteiger partial charge in [0.25, 0.3) is 0 Å². The first-order valence-corrected chi connectivity index (χ1v) is 8.52. The summed E-state index contributed by atoms with van der Waals surface area (Å²) in [6.07, 6.45) is 6.55. The lowest BCUT2D eigenvalue weighted by Gasteiger charge is -2.34. The van der Waals surface area contributed by atoms with Crippen molar-refractivity contribution < 1.29 is 4.74 Å². The summed E-state index contributed by atoms with van der Waals surface area (Å²) in [4.78, 5) is 6.79. The highest BCUT2D eigenvalue weighted by atomic mass is 16.5. The fourth-order valence-corrected chi connectivity index (χ4v) is 3.00. The van der Waals surface area contributed by atoms with Crippen LogP contribution in [0, 0.1) is 5.92 Å². The van der Waals surface area contributed by atoms with Gasteiger partial charge in [0.15, 0.2) is 5.96 Å². The highest BCUT2D eigenvalue weighted by Gasteiger charge is 2.24. The molecule has 0 radical (unpaired) electrons. The average molecular weight is 301 g/mol. The van der Waals surface area contributed by atoms with E-state index < -0.39 is 0 Å². The maximum Gasteiger partial charge on any atom is 0.193 e. The number of nitrogens with zero attached hydrogens (tertiary/aromatic N) is 2. The quantitative estimate of drug-likeness (QED) is 0.671. The third-order valence-electron chi connectivity index (χ3n) is 4.53. The molecule has 0 unspecified atom stereocenters. The molecule has 4 heteroatoms. The molecule has 2 aliphatic rings. The molecule has 1 saturated heterocycles. The summed E-state index contributed by atoms with van der Waals surface area (Å²) in [5.74, 6) is 3.00. The van der Waals surface area contributed by atoms with E-state index in [1.807, 2.05) is 37.4 Å². The molecule has 1 heterocycles. The topological polar surface area (TPSA) is 36.9 Å². The summed E-state index contributed by atoms with van der Waals surface area (Å²) in [6, 6.07) is 10.1. The van der Waals surface area contributed by atoms with Crippen molar-refractivity contribution in [1.82, 2.24) is 10.2 Å². The zero-order valence-electron chi connectivity index (χ0n) is 13.5. The first-order valence-electron chi connectivity index (χ1n) is 8.52. The zero-order valence-corrected chi connectivity index (χ0v) is 13.5. The van der Waals surface area contributed by atoms with Gasteiger partial charge in [-0.1, -0.05) is 31.0 Å². The second-order valence-corrected chi connectivity index (χ2v) is 6.32. The Bertz CT molecular complexity index is 476. The molecular weight excluding hydrogens is 274 g/mol. The number of likely N-dealkylation sites (tertiary alicyclic amines) is 1. The smallest absolute Gasteiger partial charge is 0.193 e. The van der Waals surface area contributed by atoms with Gasteiger partial charge in [0, 0.05) is 39.5 Å². The van der Waals surface area contributed by atoms with Crippen molar-refractivity contribution in [3.63, 3.8) is 0 Å². The Morgan fingerprint density at radius 1 is 1.18 bits per heavy atom.